The average molecular weight is 390 g/mol. The summed E-state index contributed by atoms with van der Waals surface area (Å²) in [6.07, 6.45) is 1.64. The maximum Gasteiger partial charge on any atom is 0.257 e. The van der Waals surface area contributed by atoms with Crippen molar-refractivity contribution in [1.29, 1.82) is 0 Å². The zero-order chi connectivity index (χ0) is 16.4. The van der Waals surface area contributed by atoms with E-state index >= 15 is 0 Å². The van der Waals surface area contributed by atoms with Gasteiger partial charge in [-0.1, -0.05) is 18.2 Å². The summed E-state index contributed by atoms with van der Waals surface area (Å²) in [4.78, 5) is 15.5. The number of thiophene rings is 1. The van der Waals surface area contributed by atoms with Crippen LogP contribution in [0, 0.1) is 6.92 Å². The molecule has 4 nitrogen and oxygen atoms in total. The number of hydrogen-bond acceptors (Lipinski definition) is 3. The molecule has 0 bridgehead atoms. The fraction of sp³-hybridized carbons (Fsp3) is 0.176. The molecule has 3 aromatic rings. The summed E-state index contributed by atoms with van der Waals surface area (Å²) in [7, 11) is 1.81. The van der Waals surface area contributed by atoms with Crippen LogP contribution in [-0.4, -0.2) is 27.6 Å². The minimum absolute atomic E-state index is 0.0193. The fourth-order valence-corrected chi connectivity index (χ4v) is 3.93. The smallest absolute Gasteiger partial charge is 0.257 e. The first-order valence-corrected chi connectivity index (χ1v) is 8.77. The molecule has 0 N–H and O–H groups in total. The Morgan fingerprint density at radius 1 is 1.26 bits per heavy atom. The van der Waals surface area contributed by atoms with Crippen molar-refractivity contribution in [1.82, 2.24) is 14.7 Å². The Bertz CT molecular complexity index is 825. The average Bonchev–Trinajstić information content (AvgIpc) is 3.13. The van der Waals surface area contributed by atoms with Gasteiger partial charge in [0.25, 0.3) is 5.91 Å². The van der Waals surface area contributed by atoms with E-state index in [1.165, 1.54) is 0 Å². The van der Waals surface area contributed by atoms with Crippen molar-refractivity contribution in [2.45, 2.75) is 13.5 Å². The Morgan fingerprint density at radius 2 is 2.00 bits per heavy atom. The molecule has 0 radical (unpaired) electrons. The number of para-hydroxylation sites is 1. The summed E-state index contributed by atoms with van der Waals surface area (Å²) in [6.45, 7) is 2.51. The number of nitrogens with zero attached hydrogens (tertiary/aromatic N) is 3. The number of aromatic nitrogens is 2. The molecule has 0 fully saturated rings. The van der Waals surface area contributed by atoms with E-state index in [9.17, 15) is 4.79 Å². The fourth-order valence-electron chi connectivity index (χ4n) is 2.40. The Kier molecular flexibility index (Phi) is 4.63. The van der Waals surface area contributed by atoms with Crippen LogP contribution in [0.25, 0.3) is 5.69 Å². The number of benzene rings is 1. The number of amides is 1. The summed E-state index contributed by atoms with van der Waals surface area (Å²) in [5.74, 6) is -0.0193. The highest BCUT2D eigenvalue weighted by molar-refractivity contribution is 9.11. The second-order valence-electron chi connectivity index (χ2n) is 5.26. The molecular weight excluding hydrogens is 374 g/mol. The van der Waals surface area contributed by atoms with Crippen molar-refractivity contribution in [2.24, 2.45) is 0 Å². The van der Waals surface area contributed by atoms with Crippen LogP contribution < -0.4 is 0 Å². The molecule has 0 aliphatic carbocycles. The lowest BCUT2D eigenvalue weighted by Gasteiger charge is -2.16. The molecule has 0 saturated carbocycles. The third-order valence-corrected chi connectivity index (χ3v) is 5.22. The second-order valence-corrected chi connectivity index (χ2v) is 7.81. The highest BCUT2D eigenvalue weighted by Crippen LogP contribution is 2.24. The third-order valence-electron chi connectivity index (χ3n) is 3.61. The molecule has 2 heterocycles. The van der Waals surface area contributed by atoms with Crippen molar-refractivity contribution in [3.05, 3.63) is 68.6 Å². The maximum atomic E-state index is 12.7. The van der Waals surface area contributed by atoms with E-state index in [2.05, 4.69) is 21.0 Å². The Morgan fingerprint density at radius 3 is 2.65 bits per heavy atom. The van der Waals surface area contributed by atoms with Crippen molar-refractivity contribution >= 4 is 33.2 Å². The van der Waals surface area contributed by atoms with Crippen LogP contribution in [0.3, 0.4) is 0 Å². The summed E-state index contributed by atoms with van der Waals surface area (Å²) in [6, 6.07) is 13.8. The van der Waals surface area contributed by atoms with E-state index in [0.717, 1.165) is 20.0 Å². The zero-order valence-electron chi connectivity index (χ0n) is 12.9. The summed E-state index contributed by atoms with van der Waals surface area (Å²) >= 11 is 5.08. The van der Waals surface area contributed by atoms with Crippen molar-refractivity contribution in [3.8, 4) is 5.69 Å². The van der Waals surface area contributed by atoms with Crippen LogP contribution >= 0.6 is 27.3 Å². The first-order chi connectivity index (χ1) is 11.1. The SMILES string of the molecule is Cc1c(C(=O)N(C)Cc2ccc(Br)s2)cnn1-c1ccccc1. The van der Waals surface area contributed by atoms with Crippen LogP contribution in [0.15, 0.2) is 52.4 Å². The van der Waals surface area contributed by atoms with E-state index in [-0.39, 0.29) is 5.91 Å². The predicted octanol–water partition coefficient (Wildman–Crippen LogP) is 4.28. The van der Waals surface area contributed by atoms with E-state index in [1.807, 2.05) is 56.4 Å². The lowest BCUT2D eigenvalue weighted by molar-refractivity contribution is 0.0785. The summed E-state index contributed by atoms with van der Waals surface area (Å²) in [5.41, 5.74) is 2.43. The molecule has 0 aliphatic heterocycles. The van der Waals surface area contributed by atoms with Gasteiger partial charge in [0, 0.05) is 11.9 Å². The van der Waals surface area contributed by atoms with Gasteiger partial charge in [0.05, 0.1) is 33.5 Å². The standard InChI is InChI=1S/C17H16BrN3OS/c1-12-15(10-19-21(12)13-6-4-3-5-7-13)17(22)20(2)11-14-8-9-16(18)23-14/h3-10H,11H2,1-2H3. The monoisotopic (exact) mass is 389 g/mol. The molecule has 0 unspecified atom stereocenters. The molecule has 3 rings (SSSR count). The number of hydrogen-bond donors (Lipinski definition) is 0. The van der Waals surface area contributed by atoms with Crippen LogP contribution in [0.2, 0.25) is 0 Å². The van der Waals surface area contributed by atoms with Crippen LogP contribution in [-0.2, 0) is 6.54 Å². The first kappa shape index (κ1) is 16.0. The molecule has 118 valence electrons. The van der Waals surface area contributed by atoms with Crippen LogP contribution in [0.5, 0.6) is 0 Å². The molecule has 23 heavy (non-hydrogen) atoms. The zero-order valence-corrected chi connectivity index (χ0v) is 15.3. The van der Waals surface area contributed by atoms with E-state index < -0.39 is 0 Å². The van der Waals surface area contributed by atoms with Gasteiger partial charge in [0.1, 0.15) is 0 Å². The molecule has 0 saturated heterocycles. The van der Waals surface area contributed by atoms with Gasteiger partial charge in [-0.3, -0.25) is 4.79 Å². The Balaban J connectivity index is 1.81. The molecule has 6 heteroatoms. The minimum atomic E-state index is -0.0193. The van der Waals surface area contributed by atoms with Gasteiger partial charge in [-0.25, -0.2) is 4.68 Å². The van der Waals surface area contributed by atoms with Gasteiger partial charge in [0.15, 0.2) is 0 Å². The second kappa shape index (κ2) is 6.68. The van der Waals surface area contributed by atoms with Gasteiger partial charge >= 0.3 is 0 Å². The lowest BCUT2D eigenvalue weighted by atomic mass is 10.2. The van der Waals surface area contributed by atoms with Crippen molar-refractivity contribution in [2.75, 3.05) is 7.05 Å². The maximum absolute atomic E-state index is 12.7. The highest BCUT2D eigenvalue weighted by atomic mass is 79.9. The molecule has 0 aliphatic rings. The molecule has 2 aromatic heterocycles. The Labute approximate surface area is 147 Å². The quantitative estimate of drug-likeness (QED) is 0.667. The normalized spacial score (nSPS) is 10.7. The number of halogens is 1. The lowest BCUT2D eigenvalue weighted by Crippen LogP contribution is -2.26. The molecule has 0 spiro atoms. The van der Waals surface area contributed by atoms with Crippen LogP contribution in [0.1, 0.15) is 20.9 Å². The number of carbonyl (C=O) groups is 1. The summed E-state index contributed by atoms with van der Waals surface area (Å²) < 4.78 is 2.87. The minimum Gasteiger partial charge on any atom is -0.336 e. The van der Waals surface area contributed by atoms with Gasteiger partial charge in [-0.2, -0.15) is 5.10 Å². The highest BCUT2D eigenvalue weighted by Gasteiger charge is 2.19. The van der Waals surface area contributed by atoms with Crippen LogP contribution in [0.4, 0.5) is 0 Å². The van der Waals surface area contributed by atoms with Gasteiger partial charge in [0.2, 0.25) is 0 Å². The Hall–Kier alpha value is -1.92. The van der Waals surface area contributed by atoms with E-state index in [4.69, 9.17) is 0 Å². The van der Waals surface area contributed by atoms with Gasteiger partial charge in [-0.15, -0.1) is 11.3 Å². The van der Waals surface area contributed by atoms with E-state index in [1.54, 1.807) is 27.1 Å². The molecular formula is C17H16BrN3OS. The van der Waals surface area contributed by atoms with Crippen molar-refractivity contribution in [3.63, 3.8) is 0 Å². The van der Waals surface area contributed by atoms with E-state index in [0.29, 0.717) is 12.1 Å². The largest absolute Gasteiger partial charge is 0.336 e. The van der Waals surface area contributed by atoms with Gasteiger partial charge in [-0.05, 0) is 47.1 Å². The predicted molar refractivity (Wildman–Crippen MR) is 96.1 cm³/mol. The van der Waals surface area contributed by atoms with Gasteiger partial charge < -0.3 is 4.90 Å². The van der Waals surface area contributed by atoms with Crippen molar-refractivity contribution < 1.29 is 4.79 Å². The summed E-state index contributed by atoms with van der Waals surface area (Å²) in [5, 5.41) is 4.36. The molecule has 1 aromatic carbocycles. The molecule has 0 atom stereocenters. The number of carbonyl (C=O) groups excluding carboxylic acids is 1. The number of rotatable bonds is 4. The first-order valence-electron chi connectivity index (χ1n) is 7.16. The third kappa shape index (κ3) is 3.38. The topological polar surface area (TPSA) is 38.1 Å². The molecule has 1 amide bonds.